The smallest absolute Gasteiger partial charge is 0.273 e. The van der Waals surface area contributed by atoms with Crippen molar-refractivity contribution in [2.75, 3.05) is 12.4 Å². The van der Waals surface area contributed by atoms with Crippen LogP contribution in [-0.4, -0.2) is 23.8 Å². The van der Waals surface area contributed by atoms with Crippen molar-refractivity contribution in [1.82, 2.24) is 5.32 Å². The van der Waals surface area contributed by atoms with Crippen molar-refractivity contribution in [3.05, 3.63) is 65.2 Å². The topological polar surface area (TPSA) is 61.4 Å². The fourth-order valence-electron chi connectivity index (χ4n) is 2.29. The minimum atomic E-state index is -1.77. The number of rotatable bonds is 5. The van der Waals surface area contributed by atoms with Crippen molar-refractivity contribution in [2.24, 2.45) is 0 Å². The quantitative estimate of drug-likeness (QED) is 0.743. The van der Waals surface area contributed by atoms with E-state index in [4.69, 9.17) is 11.6 Å². The van der Waals surface area contributed by atoms with E-state index in [1.165, 1.54) is 7.05 Å². The number of carbonyl (C=O) groups is 1. The number of benzene rings is 2. The predicted molar refractivity (Wildman–Crippen MR) is 88.9 cm³/mol. The van der Waals surface area contributed by atoms with E-state index in [9.17, 15) is 9.90 Å². The summed E-state index contributed by atoms with van der Waals surface area (Å²) in [6.45, 7) is 1.79. The molecule has 3 N–H and O–H groups in total. The van der Waals surface area contributed by atoms with Crippen LogP contribution in [-0.2, 0) is 4.79 Å². The molecule has 0 bridgehead atoms. The summed E-state index contributed by atoms with van der Waals surface area (Å²) in [4.78, 5) is 12.3. The molecule has 0 saturated heterocycles. The maximum absolute atomic E-state index is 12.3. The van der Waals surface area contributed by atoms with Gasteiger partial charge in [0.2, 0.25) is 5.72 Å². The zero-order valence-corrected chi connectivity index (χ0v) is 13.3. The van der Waals surface area contributed by atoms with E-state index in [1.54, 1.807) is 43.3 Å². The molecular weight excluding hydrogens is 300 g/mol. The number of para-hydroxylation sites is 1. The average molecular weight is 319 g/mol. The summed E-state index contributed by atoms with van der Waals surface area (Å²) in [6.07, 6.45) is 0. The number of aliphatic hydroxyl groups is 1. The molecule has 1 amide bonds. The number of halogens is 1. The molecule has 5 heteroatoms. The Morgan fingerprint density at radius 1 is 1.14 bits per heavy atom. The molecule has 0 aliphatic carbocycles. The van der Waals surface area contributed by atoms with E-state index in [0.717, 1.165) is 5.56 Å². The second kappa shape index (κ2) is 6.81. The molecule has 0 heterocycles. The van der Waals surface area contributed by atoms with Gasteiger partial charge >= 0.3 is 0 Å². The summed E-state index contributed by atoms with van der Waals surface area (Å²) in [5.74, 6) is -0.983. The van der Waals surface area contributed by atoms with Crippen molar-refractivity contribution in [2.45, 2.75) is 18.6 Å². The molecule has 2 aromatic carbocycles. The van der Waals surface area contributed by atoms with E-state index in [-0.39, 0.29) is 0 Å². The van der Waals surface area contributed by atoms with Crippen LogP contribution in [0.2, 0.25) is 5.02 Å². The number of likely N-dealkylation sites (N-methyl/N-ethyl adjacent to an activating group) is 1. The molecule has 0 saturated carbocycles. The van der Waals surface area contributed by atoms with Crippen LogP contribution < -0.4 is 10.6 Å². The first kappa shape index (κ1) is 16.3. The van der Waals surface area contributed by atoms with Gasteiger partial charge < -0.3 is 15.7 Å². The molecule has 2 rings (SSSR count). The number of carbonyl (C=O) groups excluding carboxylic acids is 1. The lowest BCUT2D eigenvalue weighted by atomic mass is 9.89. The van der Waals surface area contributed by atoms with Gasteiger partial charge in [-0.1, -0.05) is 48.9 Å². The van der Waals surface area contributed by atoms with Crippen LogP contribution in [0.25, 0.3) is 0 Å². The molecular formula is C17H19ClN2O2. The molecule has 4 nitrogen and oxygen atoms in total. The van der Waals surface area contributed by atoms with Crippen molar-refractivity contribution < 1.29 is 9.90 Å². The summed E-state index contributed by atoms with van der Waals surface area (Å²) in [5, 5.41) is 17.0. The van der Waals surface area contributed by atoms with Crippen molar-refractivity contribution >= 4 is 23.2 Å². The van der Waals surface area contributed by atoms with Gasteiger partial charge in [0.15, 0.2) is 0 Å². The van der Waals surface area contributed by atoms with Crippen LogP contribution in [0.4, 0.5) is 5.69 Å². The molecule has 22 heavy (non-hydrogen) atoms. The highest BCUT2D eigenvalue weighted by Crippen LogP contribution is 2.30. The molecule has 116 valence electrons. The monoisotopic (exact) mass is 318 g/mol. The largest absolute Gasteiger partial charge is 0.363 e. The summed E-state index contributed by atoms with van der Waals surface area (Å²) < 4.78 is 0. The first-order chi connectivity index (χ1) is 10.5. The van der Waals surface area contributed by atoms with Gasteiger partial charge in [0, 0.05) is 23.7 Å². The standard InChI is InChI=1S/C17H19ClN2O2/c1-12(13-8-10-14(18)11-9-13)17(22,16(21)19-2)20-15-6-4-3-5-7-15/h3-12,20,22H,1-2H3,(H,19,21). The Balaban J connectivity index is 2.36. The second-order valence-corrected chi connectivity index (χ2v) is 5.55. The minimum Gasteiger partial charge on any atom is -0.363 e. The predicted octanol–water partition coefficient (Wildman–Crippen LogP) is 2.99. The van der Waals surface area contributed by atoms with Gasteiger partial charge in [-0.25, -0.2) is 0 Å². The van der Waals surface area contributed by atoms with Crippen LogP contribution in [0.3, 0.4) is 0 Å². The van der Waals surface area contributed by atoms with Gasteiger partial charge in [-0.15, -0.1) is 0 Å². The first-order valence-electron chi connectivity index (χ1n) is 7.00. The van der Waals surface area contributed by atoms with Gasteiger partial charge in [0.05, 0.1) is 0 Å². The highest BCUT2D eigenvalue weighted by atomic mass is 35.5. The van der Waals surface area contributed by atoms with Crippen LogP contribution in [0.1, 0.15) is 18.4 Å². The lowest BCUT2D eigenvalue weighted by molar-refractivity contribution is -0.138. The van der Waals surface area contributed by atoms with Gasteiger partial charge in [-0.3, -0.25) is 4.79 Å². The van der Waals surface area contributed by atoms with Gasteiger partial charge in [0.25, 0.3) is 5.91 Å². The fraction of sp³-hybridized carbons (Fsp3) is 0.235. The molecule has 0 radical (unpaired) electrons. The van der Waals surface area contributed by atoms with E-state index < -0.39 is 17.6 Å². The van der Waals surface area contributed by atoms with Crippen molar-refractivity contribution in [3.8, 4) is 0 Å². The zero-order chi connectivity index (χ0) is 16.2. The highest BCUT2D eigenvalue weighted by Gasteiger charge is 2.42. The van der Waals surface area contributed by atoms with Crippen molar-refractivity contribution in [3.63, 3.8) is 0 Å². The molecule has 2 aromatic rings. The SMILES string of the molecule is CNC(=O)C(O)(Nc1ccccc1)C(C)c1ccc(Cl)cc1. The van der Waals surface area contributed by atoms with Gasteiger partial charge in [-0.2, -0.15) is 0 Å². The van der Waals surface area contributed by atoms with E-state index in [2.05, 4.69) is 10.6 Å². The summed E-state index contributed by atoms with van der Waals surface area (Å²) in [5.41, 5.74) is -0.308. The molecule has 0 aromatic heterocycles. The molecule has 2 atom stereocenters. The third-order valence-electron chi connectivity index (χ3n) is 3.68. The number of nitrogens with one attached hydrogen (secondary N) is 2. The second-order valence-electron chi connectivity index (χ2n) is 5.11. The average Bonchev–Trinajstić information content (AvgIpc) is 2.55. The summed E-state index contributed by atoms with van der Waals surface area (Å²) in [7, 11) is 1.49. The van der Waals surface area contributed by atoms with Gasteiger partial charge in [-0.05, 0) is 29.8 Å². The summed E-state index contributed by atoms with van der Waals surface area (Å²) >= 11 is 5.89. The van der Waals surface area contributed by atoms with Gasteiger partial charge in [0.1, 0.15) is 0 Å². The lowest BCUT2D eigenvalue weighted by Gasteiger charge is -2.34. The molecule has 0 fully saturated rings. The normalized spacial score (nSPS) is 14.7. The summed E-state index contributed by atoms with van der Waals surface area (Å²) in [6, 6.07) is 16.2. The third kappa shape index (κ3) is 3.40. The van der Waals surface area contributed by atoms with Crippen LogP contribution in [0.15, 0.2) is 54.6 Å². The number of amides is 1. The maximum Gasteiger partial charge on any atom is 0.273 e. The Bertz CT molecular complexity index is 631. The van der Waals surface area contributed by atoms with Crippen LogP contribution in [0.5, 0.6) is 0 Å². The van der Waals surface area contributed by atoms with Crippen LogP contribution >= 0.6 is 11.6 Å². The minimum absolute atomic E-state index is 0.482. The Morgan fingerprint density at radius 3 is 2.27 bits per heavy atom. The number of hydrogen-bond acceptors (Lipinski definition) is 3. The molecule has 0 spiro atoms. The lowest BCUT2D eigenvalue weighted by Crippen LogP contribution is -2.55. The Hall–Kier alpha value is -2.04. The molecule has 0 aliphatic heterocycles. The highest BCUT2D eigenvalue weighted by molar-refractivity contribution is 6.30. The van der Waals surface area contributed by atoms with Crippen molar-refractivity contribution in [1.29, 1.82) is 0 Å². The molecule has 2 unspecified atom stereocenters. The Labute approximate surface area is 135 Å². The van der Waals surface area contributed by atoms with Crippen LogP contribution in [0, 0.1) is 0 Å². The first-order valence-corrected chi connectivity index (χ1v) is 7.38. The van der Waals surface area contributed by atoms with E-state index in [1.807, 2.05) is 18.2 Å². The number of hydrogen-bond donors (Lipinski definition) is 3. The maximum atomic E-state index is 12.3. The van der Waals surface area contributed by atoms with E-state index >= 15 is 0 Å². The Kier molecular flexibility index (Phi) is 5.06. The zero-order valence-electron chi connectivity index (χ0n) is 12.5. The van der Waals surface area contributed by atoms with E-state index in [0.29, 0.717) is 10.7 Å². The molecule has 0 aliphatic rings. The fourth-order valence-corrected chi connectivity index (χ4v) is 2.41. The third-order valence-corrected chi connectivity index (χ3v) is 3.93. The number of anilines is 1. The Morgan fingerprint density at radius 2 is 1.73 bits per heavy atom.